The molecule has 0 bridgehead atoms. The number of nitrogens with one attached hydrogen (secondary N) is 2. The maximum absolute atomic E-state index is 11.7. The first-order valence-corrected chi connectivity index (χ1v) is 8.10. The van der Waals surface area contributed by atoms with Crippen LogP contribution in [0.3, 0.4) is 0 Å². The molecule has 1 saturated heterocycles. The highest BCUT2D eigenvalue weighted by atomic mass is 32.2. The molecule has 1 aliphatic carbocycles. The van der Waals surface area contributed by atoms with Gasteiger partial charge in [-0.15, -0.1) is 0 Å². The molecule has 17 heavy (non-hydrogen) atoms. The molecule has 2 aliphatic rings. The summed E-state index contributed by atoms with van der Waals surface area (Å²) in [5.41, 5.74) is 0. The quantitative estimate of drug-likeness (QED) is 0.774. The van der Waals surface area contributed by atoms with Gasteiger partial charge in [0.15, 0.2) is 0 Å². The molecule has 1 saturated carbocycles. The standard InChI is InChI=1S/C12H22N2O2S/c15-12(14-11-3-1-2-4-11)9-13-10-5-7-17(16)8-6-10/h10-11,13H,1-9H2,(H,14,15). The van der Waals surface area contributed by atoms with Crippen LogP contribution in [0, 0.1) is 0 Å². The van der Waals surface area contributed by atoms with Crippen molar-refractivity contribution in [3.05, 3.63) is 0 Å². The maximum atomic E-state index is 11.7. The van der Waals surface area contributed by atoms with Crippen LogP contribution in [0.1, 0.15) is 38.5 Å². The molecule has 0 spiro atoms. The zero-order chi connectivity index (χ0) is 12.1. The highest BCUT2D eigenvalue weighted by Gasteiger charge is 2.20. The average molecular weight is 258 g/mol. The molecule has 1 heterocycles. The molecule has 2 rings (SSSR count). The van der Waals surface area contributed by atoms with Gasteiger partial charge < -0.3 is 10.6 Å². The summed E-state index contributed by atoms with van der Waals surface area (Å²) in [4.78, 5) is 11.7. The van der Waals surface area contributed by atoms with Crippen LogP contribution in [0.4, 0.5) is 0 Å². The summed E-state index contributed by atoms with van der Waals surface area (Å²) in [6.07, 6.45) is 6.62. The Kier molecular flexibility index (Phi) is 4.98. The molecule has 4 nitrogen and oxygen atoms in total. The van der Waals surface area contributed by atoms with Crippen molar-refractivity contribution in [2.75, 3.05) is 18.1 Å². The third-order valence-electron chi connectivity index (χ3n) is 3.66. The van der Waals surface area contributed by atoms with E-state index in [4.69, 9.17) is 0 Å². The highest BCUT2D eigenvalue weighted by Crippen LogP contribution is 2.17. The summed E-state index contributed by atoms with van der Waals surface area (Å²) in [6, 6.07) is 0.783. The minimum absolute atomic E-state index is 0.114. The van der Waals surface area contributed by atoms with Gasteiger partial charge in [-0.2, -0.15) is 0 Å². The lowest BCUT2D eigenvalue weighted by Crippen LogP contribution is -2.44. The third-order valence-corrected chi connectivity index (χ3v) is 5.04. The first-order valence-electron chi connectivity index (χ1n) is 6.62. The van der Waals surface area contributed by atoms with E-state index in [2.05, 4.69) is 10.6 Å². The Morgan fingerprint density at radius 2 is 1.71 bits per heavy atom. The van der Waals surface area contributed by atoms with Crippen LogP contribution in [0.15, 0.2) is 0 Å². The normalized spacial score (nSPS) is 30.4. The number of hydrogen-bond donors (Lipinski definition) is 2. The van der Waals surface area contributed by atoms with Crippen molar-refractivity contribution < 1.29 is 9.00 Å². The van der Waals surface area contributed by atoms with E-state index in [1.54, 1.807) is 0 Å². The van der Waals surface area contributed by atoms with E-state index < -0.39 is 10.8 Å². The number of carbonyl (C=O) groups excluding carboxylic acids is 1. The van der Waals surface area contributed by atoms with Crippen LogP contribution in [-0.2, 0) is 15.6 Å². The second-order valence-corrected chi connectivity index (χ2v) is 6.75. The van der Waals surface area contributed by atoms with E-state index in [1.165, 1.54) is 12.8 Å². The van der Waals surface area contributed by atoms with E-state index in [0.29, 0.717) is 18.6 Å². The van der Waals surface area contributed by atoms with Crippen molar-refractivity contribution in [1.82, 2.24) is 10.6 Å². The molecule has 0 aromatic carbocycles. The summed E-state index contributed by atoms with van der Waals surface area (Å²) in [7, 11) is -0.619. The summed E-state index contributed by atoms with van der Waals surface area (Å²) < 4.78 is 11.2. The summed E-state index contributed by atoms with van der Waals surface area (Å²) in [5, 5.41) is 6.34. The molecule has 0 unspecified atom stereocenters. The lowest BCUT2D eigenvalue weighted by molar-refractivity contribution is -0.121. The van der Waals surface area contributed by atoms with Gasteiger partial charge in [0.1, 0.15) is 0 Å². The molecule has 1 aliphatic heterocycles. The molecule has 0 radical (unpaired) electrons. The van der Waals surface area contributed by atoms with Gasteiger partial charge >= 0.3 is 0 Å². The Bertz CT molecular complexity index is 280. The molecule has 0 atom stereocenters. The molecule has 2 N–H and O–H groups in total. The predicted octanol–water partition coefficient (Wildman–Crippen LogP) is 0.546. The van der Waals surface area contributed by atoms with Crippen LogP contribution in [0.5, 0.6) is 0 Å². The number of amides is 1. The Morgan fingerprint density at radius 1 is 1.06 bits per heavy atom. The lowest BCUT2D eigenvalue weighted by atomic mass is 10.1. The fraction of sp³-hybridized carbons (Fsp3) is 0.917. The van der Waals surface area contributed by atoms with Crippen molar-refractivity contribution in [3.63, 3.8) is 0 Å². The molecular formula is C12H22N2O2S. The Labute approximate surface area is 105 Å². The van der Waals surface area contributed by atoms with E-state index in [9.17, 15) is 9.00 Å². The van der Waals surface area contributed by atoms with Gasteiger partial charge in [0, 0.05) is 34.4 Å². The second kappa shape index (κ2) is 6.50. The molecule has 2 fully saturated rings. The van der Waals surface area contributed by atoms with Crippen LogP contribution in [0.25, 0.3) is 0 Å². The van der Waals surface area contributed by atoms with E-state index in [1.807, 2.05) is 0 Å². The monoisotopic (exact) mass is 258 g/mol. The van der Waals surface area contributed by atoms with Gasteiger partial charge in [0.25, 0.3) is 0 Å². The van der Waals surface area contributed by atoms with Gasteiger partial charge in [-0.1, -0.05) is 12.8 Å². The fourth-order valence-corrected chi connectivity index (χ4v) is 3.88. The van der Waals surface area contributed by atoms with Crippen LogP contribution < -0.4 is 10.6 Å². The second-order valence-electron chi connectivity index (χ2n) is 5.05. The first kappa shape index (κ1) is 13.0. The van der Waals surface area contributed by atoms with Gasteiger partial charge in [0.05, 0.1) is 6.54 Å². The van der Waals surface area contributed by atoms with Crippen molar-refractivity contribution in [1.29, 1.82) is 0 Å². The van der Waals surface area contributed by atoms with Crippen LogP contribution >= 0.6 is 0 Å². The Morgan fingerprint density at radius 3 is 2.35 bits per heavy atom. The topological polar surface area (TPSA) is 58.2 Å². The minimum Gasteiger partial charge on any atom is -0.352 e. The molecule has 98 valence electrons. The molecule has 1 amide bonds. The van der Waals surface area contributed by atoms with Crippen molar-refractivity contribution in [2.45, 2.75) is 50.6 Å². The van der Waals surface area contributed by atoms with E-state index in [0.717, 1.165) is 37.2 Å². The first-order chi connectivity index (χ1) is 8.24. The number of rotatable bonds is 4. The maximum Gasteiger partial charge on any atom is 0.234 e. The predicted molar refractivity (Wildman–Crippen MR) is 69.3 cm³/mol. The molecule has 0 aromatic heterocycles. The summed E-state index contributed by atoms with van der Waals surface area (Å²) in [5.74, 6) is 1.67. The van der Waals surface area contributed by atoms with Gasteiger partial charge in [-0.25, -0.2) is 0 Å². The van der Waals surface area contributed by atoms with Crippen molar-refractivity contribution >= 4 is 16.7 Å². The zero-order valence-corrected chi connectivity index (χ0v) is 11.1. The Balaban J connectivity index is 1.60. The summed E-state index contributed by atoms with van der Waals surface area (Å²) in [6.45, 7) is 0.411. The van der Waals surface area contributed by atoms with Crippen LogP contribution in [0.2, 0.25) is 0 Å². The number of hydrogen-bond acceptors (Lipinski definition) is 3. The van der Waals surface area contributed by atoms with Gasteiger partial charge in [0.2, 0.25) is 5.91 Å². The highest BCUT2D eigenvalue weighted by molar-refractivity contribution is 7.85. The fourth-order valence-electron chi connectivity index (χ4n) is 2.58. The van der Waals surface area contributed by atoms with E-state index in [-0.39, 0.29) is 5.91 Å². The van der Waals surface area contributed by atoms with Gasteiger partial charge in [-0.3, -0.25) is 9.00 Å². The molecule has 5 heteroatoms. The molecular weight excluding hydrogens is 236 g/mol. The summed E-state index contributed by atoms with van der Waals surface area (Å²) >= 11 is 0. The lowest BCUT2D eigenvalue weighted by Gasteiger charge is -2.22. The van der Waals surface area contributed by atoms with Gasteiger partial charge in [-0.05, 0) is 25.7 Å². The minimum atomic E-state index is -0.619. The zero-order valence-electron chi connectivity index (χ0n) is 10.2. The Hall–Kier alpha value is -0.420. The third kappa shape index (κ3) is 4.39. The van der Waals surface area contributed by atoms with Crippen molar-refractivity contribution in [3.8, 4) is 0 Å². The molecule has 0 aromatic rings. The number of carbonyl (C=O) groups is 1. The SMILES string of the molecule is O=C(CNC1CCS(=O)CC1)NC1CCCC1. The smallest absolute Gasteiger partial charge is 0.234 e. The average Bonchev–Trinajstić information content (AvgIpc) is 2.81. The van der Waals surface area contributed by atoms with Crippen LogP contribution in [-0.4, -0.2) is 40.3 Å². The largest absolute Gasteiger partial charge is 0.352 e. The van der Waals surface area contributed by atoms with Crippen molar-refractivity contribution in [2.24, 2.45) is 0 Å². The van der Waals surface area contributed by atoms with E-state index >= 15 is 0 Å².